The second-order valence-corrected chi connectivity index (χ2v) is 8.62. The highest BCUT2D eigenvalue weighted by molar-refractivity contribution is 7.93. The van der Waals surface area contributed by atoms with E-state index in [0.29, 0.717) is 17.1 Å². The molecular formula is C21H18N2O4S2. The third-order valence-electron chi connectivity index (χ3n) is 3.86. The molecule has 1 aromatic heterocycles. The Morgan fingerprint density at radius 3 is 2.38 bits per heavy atom. The van der Waals surface area contributed by atoms with Gasteiger partial charge in [-0.1, -0.05) is 23.6 Å². The Hall–Kier alpha value is -3.28. The Morgan fingerprint density at radius 1 is 1.07 bits per heavy atom. The van der Waals surface area contributed by atoms with E-state index in [4.69, 9.17) is 11.2 Å². The van der Waals surface area contributed by atoms with Crippen LogP contribution in [0.2, 0.25) is 0 Å². The summed E-state index contributed by atoms with van der Waals surface area (Å²) in [5.74, 6) is 2.43. The Labute approximate surface area is 173 Å². The van der Waals surface area contributed by atoms with E-state index in [0.717, 1.165) is 16.9 Å². The predicted octanol–water partition coefficient (Wildman–Crippen LogP) is 4.12. The zero-order valence-corrected chi connectivity index (χ0v) is 17.1. The summed E-state index contributed by atoms with van der Waals surface area (Å²) in [6, 6.07) is 15.0. The van der Waals surface area contributed by atoms with Gasteiger partial charge < -0.3 is 10.1 Å². The highest BCUT2D eigenvalue weighted by Crippen LogP contribution is 2.26. The third-order valence-corrected chi connectivity index (χ3v) is 6.33. The van der Waals surface area contributed by atoms with Crippen molar-refractivity contribution < 1.29 is 17.9 Å². The van der Waals surface area contributed by atoms with Crippen LogP contribution in [0.4, 0.5) is 11.4 Å². The van der Waals surface area contributed by atoms with Gasteiger partial charge in [-0.2, -0.15) is 0 Å². The van der Waals surface area contributed by atoms with Crippen LogP contribution in [0.15, 0.2) is 64.9 Å². The average Bonchev–Trinajstić information content (AvgIpc) is 3.20. The van der Waals surface area contributed by atoms with Gasteiger partial charge in [0.1, 0.15) is 22.1 Å². The average molecular weight is 427 g/mol. The number of carbonyl (C=O) groups excluding carboxylic acids is 1. The number of sulfonamides is 1. The van der Waals surface area contributed by atoms with E-state index >= 15 is 0 Å². The number of rotatable bonds is 7. The van der Waals surface area contributed by atoms with Gasteiger partial charge in [-0.3, -0.25) is 9.52 Å². The Morgan fingerprint density at radius 2 is 1.72 bits per heavy atom. The molecule has 6 nitrogen and oxygen atoms in total. The summed E-state index contributed by atoms with van der Waals surface area (Å²) >= 11 is 1.05. The van der Waals surface area contributed by atoms with Crippen LogP contribution in [0.5, 0.6) is 5.75 Å². The molecule has 3 rings (SSSR count). The number of nitrogens with one attached hydrogen (secondary N) is 2. The lowest BCUT2D eigenvalue weighted by molar-refractivity contribution is 0.102. The largest absolute Gasteiger partial charge is 0.481 e. The molecule has 3 aromatic rings. The number of hydrogen-bond donors (Lipinski definition) is 2. The molecule has 1 heterocycles. The Balaban J connectivity index is 1.75. The molecule has 8 heteroatoms. The second-order valence-electron chi connectivity index (χ2n) is 6.06. The number of amides is 1. The maximum absolute atomic E-state index is 12.8. The first-order chi connectivity index (χ1) is 13.9. The molecule has 1 amide bonds. The van der Waals surface area contributed by atoms with Gasteiger partial charge in [0.05, 0.1) is 0 Å². The van der Waals surface area contributed by atoms with Crippen LogP contribution in [-0.2, 0) is 10.0 Å². The molecule has 0 fully saturated rings. The fourth-order valence-electron chi connectivity index (χ4n) is 2.45. The first-order valence-electron chi connectivity index (χ1n) is 8.54. The van der Waals surface area contributed by atoms with Crippen molar-refractivity contribution in [1.82, 2.24) is 0 Å². The van der Waals surface area contributed by atoms with Crippen LogP contribution < -0.4 is 14.8 Å². The van der Waals surface area contributed by atoms with Crippen LogP contribution in [-0.4, -0.2) is 20.9 Å². The molecule has 148 valence electrons. The van der Waals surface area contributed by atoms with E-state index in [2.05, 4.69) is 16.0 Å². The smallest absolute Gasteiger partial charge is 0.267 e. The summed E-state index contributed by atoms with van der Waals surface area (Å²) < 4.78 is 33.3. The molecule has 0 aliphatic heterocycles. The molecular weight excluding hydrogens is 408 g/mol. The van der Waals surface area contributed by atoms with E-state index in [1.165, 1.54) is 6.07 Å². The van der Waals surface area contributed by atoms with E-state index in [1.807, 2.05) is 6.92 Å². The van der Waals surface area contributed by atoms with Gasteiger partial charge >= 0.3 is 0 Å². The predicted molar refractivity (Wildman–Crippen MR) is 115 cm³/mol. The van der Waals surface area contributed by atoms with Crippen molar-refractivity contribution in [3.05, 3.63) is 70.4 Å². The summed E-state index contributed by atoms with van der Waals surface area (Å²) in [6.07, 6.45) is 5.15. The molecule has 0 saturated heterocycles. The highest BCUT2D eigenvalue weighted by atomic mass is 32.2. The van der Waals surface area contributed by atoms with Crippen LogP contribution in [0, 0.1) is 19.3 Å². The van der Waals surface area contributed by atoms with E-state index in [9.17, 15) is 13.2 Å². The normalized spacial score (nSPS) is 10.8. The van der Waals surface area contributed by atoms with Crippen molar-refractivity contribution in [1.29, 1.82) is 0 Å². The van der Waals surface area contributed by atoms with Gasteiger partial charge in [-0.25, -0.2) is 8.42 Å². The molecule has 29 heavy (non-hydrogen) atoms. The number of hydrogen-bond acceptors (Lipinski definition) is 5. The van der Waals surface area contributed by atoms with Gasteiger partial charge in [0.2, 0.25) is 0 Å². The molecule has 0 aliphatic rings. The van der Waals surface area contributed by atoms with Crippen LogP contribution in [0.25, 0.3) is 0 Å². The molecule has 0 aliphatic carbocycles. The molecule has 0 bridgehead atoms. The summed E-state index contributed by atoms with van der Waals surface area (Å²) in [5, 5.41) is 4.26. The number of carbonyl (C=O) groups is 1. The van der Waals surface area contributed by atoms with Gasteiger partial charge in [-0.15, -0.1) is 17.8 Å². The topological polar surface area (TPSA) is 84.5 Å². The van der Waals surface area contributed by atoms with Crippen LogP contribution in [0.3, 0.4) is 0 Å². The van der Waals surface area contributed by atoms with Crippen molar-refractivity contribution >= 4 is 38.6 Å². The van der Waals surface area contributed by atoms with Gasteiger partial charge in [0.25, 0.3) is 15.9 Å². The summed E-state index contributed by atoms with van der Waals surface area (Å²) in [5.41, 5.74) is 1.95. The number of ether oxygens (including phenoxy) is 1. The molecule has 2 aromatic carbocycles. The summed E-state index contributed by atoms with van der Waals surface area (Å²) in [4.78, 5) is 12.7. The minimum Gasteiger partial charge on any atom is -0.481 e. The van der Waals surface area contributed by atoms with Crippen molar-refractivity contribution in [3.63, 3.8) is 0 Å². The van der Waals surface area contributed by atoms with E-state index < -0.39 is 15.9 Å². The third kappa shape index (κ3) is 5.16. The van der Waals surface area contributed by atoms with Crippen molar-refractivity contribution in [2.24, 2.45) is 0 Å². The minimum absolute atomic E-state index is 0.0745. The standard InChI is InChI=1S/C21H18N2O4S2/c1-3-13-27-18-10-8-16(9-11-18)22-21(24)20-19(12-14-28-20)29(25,26)23-17-6-4-15(2)5-7-17/h1,4-12,14,23H,13H2,2H3,(H,22,24). The molecule has 0 unspecified atom stereocenters. The minimum atomic E-state index is -3.91. The zero-order chi connectivity index (χ0) is 20.9. The van der Waals surface area contributed by atoms with E-state index in [-0.39, 0.29) is 16.4 Å². The van der Waals surface area contributed by atoms with Crippen molar-refractivity contribution in [2.75, 3.05) is 16.6 Å². The lowest BCUT2D eigenvalue weighted by Gasteiger charge is -2.10. The number of thiophene rings is 1. The molecule has 0 spiro atoms. The first-order valence-corrected chi connectivity index (χ1v) is 10.9. The van der Waals surface area contributed by atoms with Gasteiger partial charge in [0, 0.05) is 11.4 Å². The van der Waals surface area contributed by atoms with Gasteiger partial charge in [0.15, 0.2) is 0 Å². The molecule has 2 N–H and O–H groups in total. The van der Waals surface area contributed by atoms with Crippen molar-refractivity contribution in [2.45, 2.75) is 11.8 Å². The van der Waals surface area contributed by atoms with E-state index in [1.54, 1.807) is 53.9 Å². The number of anilines is 2. The second kappa shape index (κ2) is 8.82. The van der Waals surface area contributed by atoms with Crippen molar-refractivity contribution in [3.8, 4) is 18.1 Å². The summed E-state index contributed by atoms with van der Waals surface area (Å²) in [7, 11) is -3.91. The van der Waals surface area contributed by atoms with Crippen LogP contribution >= 0.6 is 11.3 Å². The van der Waals surface area contributed by atoms with Crippen LogP contribution in [0.1, 0.15) is 15.2 Å². The highest BCUT2D eigenvalue weighted by Gasteiger charge is 2.24. The fourth-order valence-corrected chi connectivity index (χ4v) is 4.84. The first kappa shape index (κ1) is 20.5. The quantitative estimate of drug-likeness (QED) is 0.557. The Bertz CT molecular complexity index is 1140. The lowest BCUT2D eigenvalue weighted by atomic mass is 10.2. The maximum Gasteiger partial charge on any atom is 0.267 e. The lowest BCUT2D eigenvalue weighted by Crippen LogP contribution is -2.18. The number of terminal acetylenes is 1. The fraction of sp³-hybridized carbons (Fsp3) is 0.0952. The van der Waals surface area contributed by atoms with Gasteiger partial charge in [-0.05, 0) is 54.8 Å². The SMILES string of the molecule is C#CCOc1ccc(NC(=O)c2sccc2S(=O)(=O)Nc2ccc(C)cc2)cc1. The molecule has 0 saturated carbocycles. The molecule has 0 atom stereocenters. The Kier molecular flexibility index (Phi) is 6.22. The maximum atomic E-state index is 12.8. The number of aryl methyl sites for hydroxylation is 1. The molecule has 0 radical (unpaired) electrons. The zero-order valence-electron chi connectivity index (χ0n) is 15.5. The monoisotopic (exact) mass is 426 g/mol. The number of benzene rings is 2. The summed E-state index contributed by atoms with van der Waals surface area (Å²) in [6.45, 7) is 2.06.